The van der Waals surface area contributed by atoms with Gasteiger partial charge in [-0.3, -0.25) is 4.90 Å². The highest BCUT2D eigenvalue weighted by Crippen LogP contribution is 2.30. The topological polar surface area (TPSA) is 15.3 Å². The largest absolute Gasteiger partial charge is 0.314 e. The van der Waals surface area contributed by atoms with Gasteiger partial charge in [0.05, 0.1) is 0 Å². The number of piperazine rings is 1. The number of piperidine rings is 1. The smallest absolute Gasteiger partial charge is 0.0243 e. The van der Waals surface area contributed by atoms with Gasteiger partial charge in [0.25, 0.3) is 0 Å². The molecule has 0 amide bonds. The number of aryl methyl sites for hydroxylation is 1. The van der Waals surface area contributed by atoms with E-state index in [1.807, 2.05) is 27.7 Å². The van der Waals surface area contributed by atoms with Crippen molar-refractivity contribution in [3.05, 3.63) is 35.4 Å². The average molecular weight is 262 g/mol. The molecule has 1 N–H and O–H groups in total. The van der Waals surface area contributed by atoms with E-state index in [4.69, 9.17) is 0 Å². The number of hydrogen-bond acceptors (Lipinski definition) is 2. The fraction of sp³-hybridized carbons (Fsp3) is 0.647. The van der Waals surface area contributed by atoms with Gasteiger partial charge >= 0.3 is 0 Å². The maximum Gasteiger partial charge on any atom is 0.0243 e. The number of rotatable bonds is 2. The van der Waals surface area contributed by atoms with Crippen molar-refractivity contribution in [2.75, 3.05) is 13.1 Å². The fourth-order valence-electron chi connectivity index (χ4n) is 2.84. The van der Waals surface area contributed by atoms with Gasteiger partial charge in [-0.05, 0) is 18.9 Å². The molecular formula is C17H30N2. The van der Waals surface area contributed by atoms with Crippen molar-refractivity contribution in [2.24, 2.45) is 0 Å². The van der Waals surface area contributed by atoms with Crippen molar-refractivity contribution in [3.8, 4) is 0 Å². The van der Waals surface area contributed by atoms with Crippen molar-refractivity contribution < 1.29 is 0 Å². The predicted molar refractivity (Wildman–Crippen MR) is 84.5 cm³/mol. The lowest BCUT2D eigenvalue weighted by molar-refractivity contribution is -0.0206. The highest BCUT2D eigenvalue weighted by molar-refractivity contribution is 5.23. The summed E-state index contributed by atoms with van der Waals surface area (Å²) in [5.74, 6) is 0. The quantitative estimate of drug-likeness (QED) is 0.876. The summed E-state index contributed by atoms with van der Waals surface area (Å²) in [4.78, 5) is 2.64. The summed E-state index contributed by atoms with van der Waals surface area (Å²) in [7, 11) is 0. The first-order valence-corrected chi connectivity index (χ1v) is 7.85. The number of nitrogens with one attached hydrogen (secondary N) is 1. The minimum absolute atomic E-state index is 0.796. The summed E-state index contributed by atoms with van der Waals surface area (Å²) in [5, 5.41) is 3.47. The van der Waals surface area contributed by atoms with E-state index in [2.05, 4.69) is 41.4 Å². The van der Waals surface area contributed by atoms with Gasteiger partial charge in [0, 0.05) is 31.7 Å². The lowest BCUT2D eigenvalue weighted by Gasteiger charge is -2.53. The van der Waals surface area contributed by atoms with E-state index < -0.39 is 0 Å². The van der Waals surface area contributed by atoms with E-state index in [0.29, 0.717) is 0 Å². The van der Waals surface area contributed by atoms with E-state index >= 15 is 0 Å². The normalized spacial score (nSPS) is 24.3. The van der Waals surface area contributed by atoms with Gasteiger partial charge in [-0.1, -0.05) is 57.5 Å². The molecule has 2 saturated heterocycles. The Morgan fingerprint density at radius 1 is 1.11 bits per heavy atom. The number of fused-ring (bicyclic) bond motifs is 2. The van der Waals surface area contributed by atoms with E-state index in [-0.39, 0.29) is 0 Å². The molecule has 1 aromatic rings. The molecule has 19 heavy (non-hydrogen) atoms. The number of nitrogens with zero attached hydrogens (tertiary/aromatic N) is 1. The molecule has 2 fully saturated rings. The minimum atomic E-state index is 0.796. The van der Waals surface area contributed by atoms with Gasteiger partial charge in [-0.2, -0.15) is 0 Å². The Morgan fingerprint density at radius 3 is 2.26 bits per heavy atom. The molecule has 2 heteroatoms. The molecule has 3 rings (SSSR count). The summed E-state index contributed by atoms with van der Waals surface area (Å²) in [6.45, 7) is 13.7. The third kappa shape index (κ3) is 4.05. The van der Waals surface area contributed by atoms with Crippen LogP contribution in [0.1, 0.15) is 45.2 Å². The molecule has 2 heterocycles. The van der Waals surface area contributed by atoms with Gasteiger partial charge in [0.15, 0.2) is 0 Å². The first-order valence-electron chi connectivity index (χ1n) is 7.85. The van der Waals surface area contributed by atoms with Crippen molar-refractivity contribution in [1.29, 1.82) is 0 Å². The number of hydrogen-bond donors (Lipinski definition) is 1. The lowest BCUT2D eigenvalue weighted by Crippen LogP contribution is -2.67. The maximum absolute atomic E-state index is 3.47. The highest BCUT2D eigenvalue weighted by Gasteiger charge is 2.40. The third-order valence-electron chi connectivity index (χ3n) is 3.69. The first-order chi connectivity index (χ1) is 9.33. The van der Waals surface area contributed by atoms with Gasteiger partial charge in [0.2, 0.25) is 0 Å². The Labute approximate surface area is 119 Å². The minimum Gasteiger partial charge on any atom is -0.314 e. The van der Waals surface area contributed by atoms with Crippen LogP contribution < -0.4 is 5.32 Å². The molecule has 0 saturated carbocycles. The molecule has 0 aromatic heterocycles. The molecule has 1 aromatic carbocycles. The van der Waals surface area contributed by atoms with Crippen LogP contribution in [0, 0.1) is 6.92 Å². The van der Waals surface area contributed by atoms with Crippen LogP contribution >= 0.6 is 0 Å². The number of benzene rings is 1. The summed E-state index contributed by atoms with van der Waals surface area (Å²) >= 11 is 0. The Kier molecular flexibility index (Phi) is 7.11. The molecule has 0 spiro atoms. The average Bonchev–Trinajstić information content (AvgIpc) is 2.50. The maximum atomic E-state index is 3.47. The fourth-order valence-corrected chi connectivity index (χ4v) is 2.84. The molecular weight excluding hydrogens is 232 g/mol. The Morgan fingerprint density at radius 2 is 1.74 bits per heavy atom. The van der Waals surface area contributed by atoms with Crippen LogP contribution in [0.4, 0.5) is 0 Å². The second kappa shape index (κ2) is 8.34. The molecule has 2 aliphatic heterocycles. The monoisotopic (exact) mass is 262 g/mol. The molecule has 2 unspecified atom stereocenters. The predicted octanol–water partition coefficient (Wildman–Crippen LogP) is 3.59. The standard InChI is InChI=1S/C13H18N2.2C2H6/c1-10-3-2-4-11(5-10)9-15-12-6-13(15)8-14-7-12;2*1-2/h2-5,12-14H,6-9H2,1H3;2*1-2H3. The SMILES string of the molecule is CC.CC.Cc1cccc(CN2C3CNCC2C3)c1. The highest BCUT2D eigenvalue weighted by atomic mass is 15.3. The summed E-state index contributed by atoms with van der Waals surface area (Å²) in [5.41, 5.74) is 2.84. The molecule has 2 atom stereocenters. The van der Waals surface area contributed by atoms with E-state index in [1.54, 1.807) is 0 Å². The van der Waals surface area contributed by atoms with Crippen molar-refractivity contribution in [1.82, 2.24) is 10.2 Å². The zero-order chi connectivity index (χ0) is 14.3. The molecule has 2 bridgehead atoms. The second-order valence-corrected chi connectivity index (χ2v) is 4.86. The zero-order valence-electron chi connectivity index (χ0n) is 13.2. The summed E-state index contributed by atoms with van der Waals surface area (Å²) in [6, 6.07) is 10.5. The first kappa shape index (κ1) is 16.2. The Hall–Kier alpha value is -0.860. The van der Waals surface area contributed by atoms with E-state index in [1.165, 1.54) is 30.6 Å². The second-order valence-electron chi connectivity index (χ2n) is 4.86. The summed E-state index contributed by atoms with van der Waals surface area (Å²) < 4.78 is 0. The lowest BCUT2D eigenvalue weighted by atomic mass is 9.88. The van der Waals surface area contributed by atoms with Crippen LogP contribution in [-0.4, -0.2) is 30.1 Å². The molecule has 108 valence electrons. The molecule has 2 aliphatic rings. The van der Waals surface area contributed by atoms with Crippen LogP contribution in [0.3, 0.4) is 0 Å². The van der Waals surface area contributed by atoms with E-state index in [0.717, 1.165) is 18.6 Å². The van der Waals surface area contributed by atoms with Crippen LogP contribution in [-0.2, 0) is 6.54 Å². The van der Waals surface area contributed by atoms with E-state index in [9.17, 15) is 0 Å². The van der Waals surface area contributed by atoms with Crippen LogP contribution in [0.25, 0.3) is 0 Å². The van der Waals surface area contributed by atoms with Gasteiger partial charge < -0.3 is 5.32 Å². The van der Waals surface area contributed by atoms with Gasteiger partial charge in [0.1, 0.15) is 0 Å². The summed E-state index contributed by atoms with van der Waals surface area (Å²) in [6.07, 6.45) is 1.40. The Balaban J connectivity index is 0.000000415. The van der Waals surface area contributed by atoms with Crippen molar-refractivity contribution in [2.45, 2.75) is 59.7 Å². The van der Waals surface area contributed by atoms with Crippen molar-refractivity contribution >= 4 is 0 Å². The van der Waals surface area contributed by atoms with Crippen LogP contribution in [0.2, 0.25) is 0 Å². The molecule has 2 nitrogen and oxygen atoms in total. The third-order valence-corrected chi connectivity index (χ3v) is 3.69. The molecule has 0 radical (unpaired) electrons. The van der Waals surface area contributed by atoms with Gasteiger partial charge in [-0.15, -0.1) is 0 Å². The van der Waals surface area contributed by atoms with Crippen LogP contribution in [0.15, 0.2) is 24.3 Å². The molecule has 0 aliphatic carbocycles. The van der Waals surface area contributed by atoms with Crippen molar-refractivity contribution in [3.63, 3.8) is 0 Å². The van der Waals surface area contributed by atoms with Gasteiger partial charge in [-0.25, -0.2) is 0 Å². The zero-order valence-corrected chi connectivity index (χ0v) is 13.2. The van der Waals surface area contributed by atoms with Crippen LogP contribution in [0.5, 0.6) is 0 Å². The Bertz CT molecular complexity index is 348.